The Morgan fingerprint density at radius 1 is 1.14 bits per heavy atom. The Kier molecular flexibility index (Phi) is 6.06. The van der Waals surface area contributed by atoms with E-state index in [0.29, 0.717) is 37.1 Å². The normalized spacial score (nSPS) is 21.8. The Balaban J connectivity index is 1.94. The molecule has 4 heteroatoms. The van der Waals surface area contributed by atoms with Crippen LogP contribution in [-0.4, -0.2) is 54.0 Å². The number of nitrogens with zero attached hydrogens (tertiary/aromatic N) is 2. The van der Waals surface area contributed by atoms with Gasteiger partial charge in [0.2, 0.25) is 5.91 Å². The molecule has 21 heavy (non-hydrogen) atoms. The Bertz CT molecular complexity index is 335. The monoisotopic (exact) mass is 295 g/mol. The molecule has 0 saturated heterocycles. The van der Waals surface area contributed by atoms with Gasteiger partial charge in [-0.2, -0.15) is 0 Å². The molecule has 2 fully saturated rings. The average Bonchev–Trinajstić information content (AvgIpc) is 3.25. The van der Waals surface area contributed by atoms with Crippen LogP contribution >= 0.6 is 0 Å². The van der Waals surface area contributed by atoms with Crippen molar-refractivity contribution < 1.29 is 4.79 Å². The summed E-state index contributed by atoms with van der Waals surface area (Å²) in [5, 5.41) is 0. The highest BCUT2D eigenvalue weighted by molar-refractivity contribution is 5.79. The van der Waals surface area contributed by atoms with Crippen molar-refractivity contribution in [2.45, 2.75) is 76.9 Å². The minimum Gasteiger partial charge on any atom is -0.336 e. The second kappa shape index (κ2) is 7.59. The van der Waals surface area contributed by atoms with Crippen molar-refractivity contribution in [2.75, 3.05) is 20.1 Å². The number of carbonyl (C=O) groups is 1. The molecule has 0 aromatic carbocycles. The van der Waals surface area contributed by atoms with Gasteiger partial charge < -0.3 is 10.6 Å². The van der Waals surface area contributed by atoms with Gasteiger partial charge in [0, 0.05) is 24.7 Å². The smallest absolute Gasteiger partial charge is 0.237 e. The summed E-state index contributed by atoms with van der Waals surface area (Å²) in [6, 6.07) is 1.14. The largest absolute Gasteiger partial charge is 0.336 e. The molecule has 1 amide bonds. The van der Waals surface area contributed by atoms with Crippen molar-refractivity contribution in [2.24, 2.45) is 11.7 Å². The third kappa shape index (κ3) is 4.43. The number of nitrogens with two attached hydrogens (primary N) is 1. The lowest BCUT2D eigenvalue weighted by molar-refractivity contribution is -0.137. The lowest BCUT2D eigenvalue weighted by Crippen LogP contribution is -2.51. The molecule has 4 nitrogen and oxygen atoms in total. The molecular weight excluding hydrogens is 262 g/mol. The van der Waals surface area contributed by atoms with Crippen molar-refractivity contribution >= 4 is 5.91 Å². The molecule has 2 aliphatic carbocycles. The van der Waals surface area contributed by atoms with Crippen LogP contribution in [0.25, 0.3) is 0 Å². The summed E-state index contributed by atoms with van der Waals surface area (Å²) in [6.07, 6.45) is 8.77. The SMILES string of the molecule is CC(C)N(C(=O)CN(C)C(CN)C1CC1)C1CCCCC1. The van der Waals surface area contributed by atoms with Crippen LogP contribution in [0.2, 0.25) is 0 Å². The molecule has 0 spiro atoms. The van der Waals surface area contributed by atoms with Crippen molar-refractivity contribution in [3.63, 3.8) is 0 Å². The maximum Gasteiger partial charge on any atom is 0.237 e. The number of hydrogen-bond donors (Lipinski definition) is 1. The molecule has 1 unspecified atom stereocenters. The second-order valence-corrected chi connectivity index (χ2v) is 7.24. The molecule has 1 atom stereocenters. The summed E-state index contributed by atoms with van der Waals surface area (Å²) in [4.78, 5) is 17.1. The Morgan fingerprint density at radius 2 is 1.76 bits per heavy atom. The van der Waals surface area contributed by atoms with Crippen LogP contribution in [0.5, 0.6) is 0 Å². The van der Waals surface area contributed by atoms with E-state index in [1.807, 2.05) is 0 Å². The van der Waals surface area contributed by atoms with Gasteiger partial charge in [-0.25, -0.2) is 0 Å². The molecule has 2 rings (SSSR count). The number of likely N-dealkylation sites (N-methyl/N-ethyl adjacent to an activating group) is 1. The first-order valence-electron chi connectivity index (χ1n) is 8.76. The minimum absolute atomic E-state index is 0.290. The van der Waals surface area contributed by atoms with Crippen molar-refractivity contribution in [1.82, 2.24) is 9.80 Å². The summed E-state index contributed by atoms with van der Waals surface area (Å²) in [7, 11) is 2.06. The molecule has 2 saturated carbocycles. The Hall–Kier alpha value is -0.610. The molecule has 0 aromatic rings. The molecule has 0 bridgehead atoms. The lowest BCUT2D eigenvalue weighted by Gasteiger charge is -2.39. The second-order valence-electron chi connectivity index (χ2n) is 7.24. The summed E-state index contributed by atoms with van der Waals surface area (Å²) < 4.78 is 0. The van der Waals surface area contributed by atoms with Crippen LogP contribution < -0.4 is 5.73 Å². The molecule has 0 aliphatic heterocycles. The van der Waals surface area contributed by atoms with Gasteiger partial charge >= 0.3 is 0 Å². The van der Waals surface area contributed by atoms with Crippen LogP contribution in [0, 0.1) is 5.92 Å². The molecule has 2 aliphatic rings. The molecule has 0 aromatic heterocycles. The quantitative estimate of drug-likeness (QED) is 0.783. The average molecular weight is 295 g/mol. The highest BCUT2D eigenvalue weighted by Crippen LogP contribution is 2.34. The van der Waals surface area contributed by atoms with E-state index in [2.05, 4.69) is 30.7 Å². The maximum atomic E-state index is 12.8. The van der Waals surface area contributed by atoms with Gasteiger partial charge in [-0.1, -0.05) is 19.3 Å². The van der Waals surface area contributed by atoms with Gasteiger partial charge in [-0.05, 0) is 52.5 Å². The van der Waals surface area contributed by atoms with Gasteiger partial charge in [-0.15, -0.1) is 0 Å². The third-order valence-corrected chi connectivity index (χ3v) is 5.17. The van der Waals surface area contributed by atoms with E-state index in [1.54, 1.807) is 0 Å². The zero-order valence-corrected chi connectivity index (χ0v) is 14.1. The first-order chi connectivity index (χ1) is 10.0. The third-order valence-electron chi connectivity index (χ3n) is 5.17. The molecule has 2 N–H and O–H groups in total. The minimum atomic E-state index is 0.290. The Labute approximate surface area is 130 Å². The summed E-state index contributed by atoms with van der Waals surface area (Å²) >= 11 is 0. The fraction of sp³-hybridized carbons (Fsp3) is 0.941. The summed E-state index contributed by atoms with van der Waals surface area (Å²) in [5.41, 5.74) is 5.90. The fourth-order valence-electron chi connectivity index (χ4n) is 3.90. The van der Waals surface area contributed by atoms with Gasteiger partial charge in [-0.3, -0.25) is 9.69 Å². The van der Waals surface area contributed by atoms with E-state index in [9.17, 15) is 4.79 Å². The summed E-state index contributed by atoms with van der Waals surface area (Å²) in [5.74, 6) is 1.01. The first-order valence-corrected chi connectivity index (χ1v) is 8.76. The van der Waals surface area contributed by atoms with Gasteiger partial charge in [0.1, 0.15) is 0 Å². The maximum absolute atomic E-state index is 12.8. The standard InChI is InChI=1S/C17H33N3O/c1-13(2)20(15-7-5-4-6-8-15)17(21)12-19(3)16(11-18)14-9-10-14/h13-16H,4-12,18H2,1-3H3. The van der Waals surface area contributed by atoms with Gasteiger partial charge in [0.25, 0.3) is 0 Å². The van der Waals surface area contributed by atoms with Crippen LogP contribution in [0.15, 0.2) is 0 Å². The van der Waals surface area contributed by atoms with Crippen molar-refractivity contribution in [1.29, 1.82) is 0 Å². The van der Waals surface area contributed by atoms with Crippen LogP contribution in [0.3, 0.4) is 0 Å². The van der Waals surface area contributed by atoms with Crippen molar-refractivity contribution in [3.05, 3.63) is 0 Å². The van der Waals surface area contributed by atoms with E-state index >= 15 is 0 Å². The highest BCUT2D eigenvalue weighted by Gasteiger charge is 2.35. The van der Waals surface area contributed by atoms with Crippen LogP contribution in [0.1, 0.15) is 58.8 Å². The molecular formula is C17H33N3O. The van der Waals surface area contributed by atoms with Gasteiger partial charge in [0.15, 0.2) is 0 Å². The number of rotatable bonds is 7. The molecule has 122 valence electrons. The topological polar surface area (TPSA) is 49.6 Å². The zero-order valence-electron chi connectivity index (χ0n) is 14.1. The Morgan fingerprint density at radius 3 is 2.24 bits per heavy atom. The molecule has 0 radical (unpaired) electrons. The first kappa shape index (κ1) is 16.8. The lowest BCUT2D eigenvalue weighted by atomic mass is 9.93. The number of hydrogen-bond acceptors (Lipinski definition) is 3. The van der Waals surface area contributed by atoms with Crippen molar-refractivity contribution in [3.8, 4) is 0 Å². The van der Waals surface area contributed by atoms with E-state index < -0.39 is 0 Å². The van der Waals surface area contributed by atoms with E-state index in [-0.39, 0.29) is 0 Å². The molecule has 0 heterocycles. The van der Waals surface area contributed by atoms with E-state index in [4.69, 9.17) is 5.73 Å². The van der Waals surface area contributed by atoms with Gasteiger partial charge in [0.05, 0.1) is 6.54 Å². The van der Waals surface area contributed by atoms with E-state index in [0.717, 1.165) is 5.92 Å². The highest BCUT2D eigenvalue weighted by atomic mass is 16.2. The predicted molar refractivity (Wildman–Crippen MR) is 87.1 cm³/mol. The fourth-order valence-corrected chi connectivity index (χ4v) is 3.90. The van der Waals surface area contributed by atoms with Crippen LogP contribution in [-0.2, 0) is 4.79 Å². The number of carbonyl (C=O) groups excluding carboxylic acids is 1. The predicted octanol–water partition coefficient (Wildman–Crippen LogP) is 2.23. The van der Waals surface area contributed by atoms with E-state index in [1.165, 1.54) is 44.9 Å². The zero-order chi connectivity index (χ0) is 15.4. The number of amides is 1. The van der Waals surface area contributed by atoms with Crippen LogP contribution in [0.4, 0.5) is 0 Å². The summed E-state index contributed by atoms with van der Waals surface area (Å²) in [6.45, 7) is 5.48.